The van der Waals surface area contributed by atoms with E-state index >= 15 is 0 Å². The average Bonchev–Trinajstić information content (AvgIpc) is 3.42. The molecule has 3 amide bonds. The highest BCUT2D eigenvalue weighted by Gasteiger charge is 2.36. The smallest absolute Gasteiger partial charge is 0.293 e. The van der Waals surface area contributed by atoms with Gasteiger partial charge in [0.25, 0.3) is 17.1 Å². The third kappa shape index (κ3) is 5.75. The van der Waals surface area contributed by atoms with Gasteiger partial charge in [0, 0.05) is 27.4 Å². The minimum atomic E-state index is -0.489. The number of amides is 3. The Bertz CT molecular complexity index is 1490. The topological polar surface area (TPSA) is 94.2 Å². The van der Waals surface area contributed by atoms with Crippen LogP contribution in [0.1, 0.15) is 16.7 Å². The van der Waals surface area contributed by atoms with Crippen molar-refractivity contribution < 1.29 is 28.6 Å². The van der Waals surface area contributed by atoms with Crippen molar-refractivity contribution in [3.63, 3.8) is 0 Å². The molecule has 0 bridgehead atoms. The van der Waals surface area contributed by atoms with Gasteiger partial charge in [-0.3, -0.25) is 19.3 Å². The molecule has 0 spiro atoms. The fourth-order valence-corrected chi connectivity index (χ4v) is 5.08. The second kappa shape index (κ2) is 11.0. The predicted octanol–water partition coefficient (Wildman–Crippen LogP) is 6.28. The quantitative estimate of drug-likeness (QED) is 0.334. The number of benzene rings is 3. The maximum atomic E-state index is 13.1. The number of carbonyl (C=O) groups is 3. The van der Waals surface area contributed by atoms with Gasteiger partial charge < -0.3 is 19.5 Å². The van der Waals surface area contributed by atoms with Gasteiger partial charge in [-0.05, 0) is 72.3 Å². The van der Waals surface area contributed by atoms with Crippen LogP contribution in [0.4, 0.5) is 10.5 Å². The van der Waals surface area contributed by atoms with E-state index in [0.717, 1.165) is 22.2 Å². The zero-order valence-electron chi connectivity index (χ0n) is 20.0. The lowest BCUT2D eigenvalue weighted by Gasteiger charge is -2.14. The fourth-order valence-electron chi connectivity index (χ4n) is 3.86. The van der Waals surface area contributed by atoms with Crippen LogP contribution in [0.25, 0.3) is 6.08 Å². The number of thioether (sulfide) groups is 1. The molecule has 2 aliphatic heterocycles. The number of rotatable bonds is 7. The summed E-state index contributed by atoms with van der Waals surface area (Å²) in [5, 5.41) is 3.08. The number of halogens is 2. The number of nitrogens with zero attached hydrogens (tertiary/aromatic N) is 1. The molecule has 38 heavy (non-hydrogen) atoms. The van der Waals surface area contributed by atoms with Crippen LogP contribution in [0.3, 0.4) is 0 Å². The molecule has 0 saturated carbocycles. The van der Waals surface area contributed by atoms with Crippen LogP contribution in [0.5, 0.6) is 17.2 Å². The number of hydrogen-bond acceptors (Lipinski definition) is 7. The molecular weight excluding hydrogens is 551 g/mol. The molecule has 5 rings (SSSR count). The van der Waals surface area contributed by atoms with Crippen LogP contribution < -0.4 is 19.5 Å². The van der Waals surface area contributed by atoms with Crippen molar-refractivity contribution >= 4 is 63.8 Å². The zero-order chi connectivity index (χ0) is 26.8. The van der Waals surface area contributed by atoms with Gasteiger partial charge in [-0.2, -0.15) is 0 Å². The summed E-state index contributed by atoms with van der Waals surface area (Å²) in [6.07, 6.45) is 1.52. The summed E-state index contributed by atoms with van der Waals surface area (Å²) in [6.45, 7) is 1.71. The third-order valence-electron chi connectivity index (χ3n) is 5.66. The lowest BCUT2D eigenvalue weighted by atomic mass is 10.1. The summed E-state index contributed by atoms with van der Waals surface area (Å²) in [5.74, 6) is 0.501. The predicted molar refractivity (Wildman–Crippen MR) is 146 cm³/mol. The van der Waals surface area contributed by atoms with E-state index in [9.17, 15) is 14.4 Å². The molecule has 0 atom stereocenters. The van der Waals surface area contributed by atoms with Gasteiger partial charge in [0.2, 0.25) is 6.79 Å². The Balaban J connectivity index is 1.31. The number of ether oxygens (including phenoxy) is 3. The normalized spacial score (nSPS) is 15.3. The van der Waals surface area contributed by atoms with Gasteiger partial charge in [-0.1, -0.05) is 35.3 Å². The van der Waals surface area contributed by atoms with E-state index < -0.39 is 11.1 Å². The Morgan fingerprint density at radius 1 is 1.11 bits per heavy atom. The van der Waals surface area contributed by atoms with Gasteiger partial charge in [-0.15, -0.1) is 0 Å². The summed E-state index contributed by atoms with van der Waals surface area (Å²) >= 11 is 13.3. The monoisotopic (exact) mass is 570 g/mol. The summed E-state index contributed by atoms with van der Waals surface area (Å²) in [4.78, 5) is 39.6. The maximum Gasteiger partial charge on any atom is 0.293 e. The molecule has 194 valence electrons. The number of carbonyl (C=O) groups excluding carboxylic acids is 3. The van der Waals surface area contributed by atoms with E-state index in [0.29, 0.717) is 44.1 Å². The van der Waals surface area contributed by atoms with Crippen molar-refractivity contribution in [1.82, 2.24) is 4.90 Å². The molecular formula is C27H20Cl2N2O6S. The molecule has 3 aromatic rings. The number of aryl methyl sites for hydroxylation is 1. The van der Waals surface area contributed by atoms with Gasteiger partial charge in [-0.25, -0.2) is 0 Å². The first-order chi connectivity index (χ1) is 18.3. The summed E-state index contributed by atoms with van der Waals surface area (Å²) in [7, 11) is 0. The maximum absolute atomic E-state index is 13.1. The van der Waals surface area contributed by atoms with Crippen LogP contribution in [-0.4, -0.2) is 35.4 Å². The van der Waals surface area contributed by atoms with Crippen LogP contribution in [0, 0.1) is 6.92 Å². The lowest BCUT2D eigenvalue weighted by molar-refractivity contribution is -0.123. The molecule has 8 nitrogen and oxygen atoms in total. The fraction of sp³-hybridized carbons (Fsp3) is 0.148. The minimum Gasteiger partial charge on any atom is -0.483 e. The number of fused-ring (bicyclic) bond motifs is 1. The zero-order valence-corrected chi connectivity index (χ0v) is 22.3. The summed E-state index contributed by atoms with van der Waals surface area (Å²) in [6, 6.07) is 15.5. The van der Waals surface area contributed by atoms with E-state index in [-0.39, 0.29) is 30.8 Å². The largest absolute Gasteiger partial charge is 0.483 e. The number of nitrogens with one attached hydrogen (secondary N) is 1. The van der Waals surface area contributed by atoms with Gasteiger partial charge in [0.1, 0.15) is 5.75 Å². The Kier molecular flexibility index (Phi) is 7.51. The number of anilines is 1. The molecule has 2 heterocycles. The highest BCUT2D eigenvalue weighted by atomic mass is 35.5. The molecule has 11 heteroatoms. The first-order valence-electron chi connectivity index (χ1n) is 11.4. The van der Waals surface area contributed by atoms with Crippen molar-refractivity contribution in [2.75, 3.05) is 18.7 Å². The van der Waals surface area contributed by atoms with E-state index in [4.69, 9.17) is 37.4 Å². The summed E-state index contributed by atoms with van der Waals surface area (Å²) in [5.41, 5.74) is 2.67. The third-order valence-corrected chi connectivity index (χ3v) is 7.16. The lowest BCUT2D eigenvalue weighted by Crippen LogP contribution is -2.27. The first kappa shape index (κ1) is 26.0. The first-order valence-corrected chi connectivity index (χ1v) is 13.0. The number of hydrogen-bond donors (Lipinski definition) is 1. The highest BCUT2D eigenvalue weighted by Crippen LogP contribution is 2.40. The molecule has 0 radical (unpaired) electrons. The van der Waals surface area contributed by atoms with Crippen LogP contribution in [-0.2, 0) is 16.1 Å². The molecule has 2 aliphatic rings. The average molecular weight is 571 g/mol. The van der Waals surface area contributed by atoms with E-state index in [1.165, 1.54) is 6.08 Å². The Hall–Kier alpha value is -3.66. The van der Waals surface area contributed by atoms with Crippen molar-refractivity contribution in [3.05, 3.63) is 86.2 Å². The van der Waals surface area contributed by atoms with Crippen molar-refractivity contribution in [3.8, 4) is 17.2 Å². The molecule has 1 fully saturated rings. The molecule has 3 aromatic carbocycles. The Labute approximate surface area is 232 Å². The van der Waals surface area contributed by atoms with Crippen LogP contribution in [0.2, 0.25) is 10.0 Å². The van der Waals surface area contributed by atoms with Crippen molar-refractivity contribution in [2.45, 2.75) is 13.5 Å². The van der Waals surface area contributed by atoms with Crippen LogP contribution >= 0.6 is 35.0 Å². The van der Waals surface area contributed by atoms with E-state index in [2.05, 4.69) is 5.32 Å². The van der Waals surface area contributed by atoms with Gasteiger partial charge >= 0.3 is 0 Å². The minimum absolute atomic E-state index is 0.0322. The second-order valence-corrected chi connectivity index (χ2v) is 10.3. The molecule has 0 aromatic heterocycles. The van der Waals surface area contributed by atoms with Crippen LogP contribution in [0.15, 0.2) is 59.5 Å². The highest BCUT2D eigenvalue weighted by molar-refractivity contribution is 8.18. The number of imide groups is 1. The standard InChI is InChI=1S/C27H20Cl2N2O6S/c1-15-3-2-4-19(7-15)30-25(32)13-35-21-6-5-18(28)8-16(21)10-24-26(33)31(27(34)38-24)12-17-9-22-23(11-20(17)29)37-14-36-22/h2-11H,12-14H2,1H3,(H,30,32)/b24-10-. The molecule has 0 unspecified atom stereocenters. The molecule has 1 saturated heterocycles. The van der Waals surface area contributed by atoms with E-state index in [1.54, 1.807) is 36.4 Å². The van der Waals surface area contributed by atoms with Gasteiger partial charge in [0.15, 0.2) is 18.1 Å². The second-order valence-electron chi connectivity index (χ2n) is 8.45. The van der Waals surface area contributed by atoms with Gasteiger partial charge in [0.05, 0.1) is 11.4 Å². The SMILES string of the molecule is Cc1cccc(NC(=O)COc2ccc(Cl)cc2/C=C2\SC(=O)N(Cc3cc4c(cc3Cl)OCO4)C2=O)c1. The van der Waals surface area contributed by atoms with E-state index in [1.807, 2.05) is 25.1 Å². The summed E-state index contributed by atoms with van der Waals surface area (Å²) < 4.78 is 16.4. The Morgan fingerprint density at radius 2 is 1.89 bits per heavy atom. The Morgan fingerprint density at radius 3 is 2.68 bits per heavy atom. The molecule has 1 N–H and O–H groups in total. The van der Waals surface area contributed by atoms with Crippen molar-refractivity contribution in [1.29, 1.82) is 0 Å². The molecule has 0 aliphatic carbocycles. The van der Waals surface area contributed by atoms with Crippen molar-refractivity contribution in [2.24, 2.45) is 0 Å².